The molecule has 0 aromatic carbocycles. The Balaban J connectivity index is 3.97. The molecular formula is C34H59N5O13. The van der Waals surface area contributed by atoms with E-state index in [9.17, 15) is 38.4 Å². The molecule has 0 heterocycles. The van der Waals surface area contributed by atoms with Gasteiger partial charge in [0, 0.05) is 39.8 Å². The van der Waals surface area contributed by atoms with Crippen molar-refractivity contribution in [2.45, 2.75) is 97.1 Å². The number of ketones is 2. The van der Waals surface area contributed by atoms with E-state index >= 15 is 0 Å². The van der Waals surface area contributed by atoms with Gasteiger partial charge < -0.3 is 50.7 Å². The van der Waals surface area contributed by atoms with E-state index in [4.69, 9.17) is 29.4 Å². The van der Waals surface area contributed by atoms with Gasteiger partial charge in [0.2, 0.25) is 29.5 Å². The third-order valence-electron chi connectivity index (χ3n) is 7.17. The lowest BCUT2D eigenvalue weighted by atomic mass is 10.0. The number of esters is 1. The highest BCUT2D eigenvalue weighted by Gasteiger charge is 2.19. The van der Waals surface area contributed by atoms with Crippen molar-refractivity contribution < 1.29 is 62.0 Å². The van der Waals surface area contributed by atoms with Crippen LogP contribution >= 0.6 is 0 Å². The molecule has 0 saturated heterocycles. The van der Waals surface area contributed by atoms with Gasteiger partial charge in [-0.15, -0.1) is 0 Å². The fourth-order valence-electron chi connectivity index (χ4n) is 4.45. The first-order valence-electron chi connectivity index (χ1n) is 17.7. The highest BCUT2D eigenvalue weighted by molar-refractivity contribution is 5.88. The number of hydrogen-bond donors (Lipinski definition) is 5. The average Bonchev–Trinajstić information content (AvgIpc) is 3.07. The number of Topliss-reactive ketones (excluding diaryl/α,β-unsaturated/α-hetero) is 2. The molecule has 0 rings (SSSR count). The molecule has 6 N–H and O–H groups in total. The third-order valence-corrected chi connectivity index (χ3v) is 7.17. The van der Waals surface area contributed by atoms with Gasteiger partial charge in [-0.1, -0.05) is 25.7 Å². The molecule has 0 aliphatic carbocycles. The Morgan fingerprint density at radius 2 is 1.00 bits per heavy atom. The lowest BCUT2D eigenvalue weighted by Gasteiger charge is -2.16. The molecule has 2 atom stereocenters. The van der Waals surface area contributed by atoms with Gasteiger partial charge >= 0.3 is 5.97 Å². The van der Waals surface area contributed by atoms with Crippen LogP contribution in [0.4, 0.5) is 0 Å². The molecule has 0 spiro atoms. The molecule has 0 bridgehead atoms. The molecule has 0 radical (unpaired) electrons. The van der Waals surface area contributed by atoms with Gasteiger partial charge in [0.25, 0.3) is 0 Å². The predicted octanol–water partition coefficient (Wildman–Crippen LogP) is -0.618. The maximum Gasteiger partial charge on any atom is 0.306 e. The molecule has 0 saturated carbocycles. The number of amides is 5. The first-order valence-corrected chi connectivity index (χ1v) is 17.7. The smallest absolute Gasteiger partial charge is 0.306 e. The summed E-state index contributed by atoms with van der Waals surface area (Å²) in [6.07, 6.45) is 4.35. The van der Waals surface area contributed by atoms with Crippen molar-refractivity contribution in [1.29, 1.82) is 0 Å². The summed E-state index contributed by atoms with van der Waals surface area (Å²) in [5, 5.41) is 10.4. The van der Waals surface area contributed by atoms with E-state index in [0.717, 1.165) is 0 Å². The zero-order chi connectivity index (χ0) is 39.0. The lowest BCUT2D eigenvalue weighted by Crippen LogP contribution is -2.45. The zero-order valence-electron chi connectivity index (χ0n) is 30.9. The van der Waals surface area contributed by atoms with Gasteiger partial charge in [0.1, 0.15) is 25.9 Å². The minimum Gasteiger partial charge on any atom is -0.458 e. The summed E-state index contributed by atoms with van der Waals surface area (Å²) in [5.41, 5.74) is 5.40. The summed E-state index contributed by atoms with van der Waals surface area (Å²) in [7, 11) is 0. The monoisotopic (exact) mass is 745 g/mol. The lowest BCUT2D eigenvalue weighted by molar-refractivity contribution is -0.148. The van der Waals surface area contributed by atoms with Gasteiger partial charge in [-0.25, -0.2) is 0 Å². The van der Waals surface area contributed by atoms with Gasteiger partial charge in [0.05, 0.1) is 45.7 Å². The Kier molecular flexibility index (Phi) is 29.3. The number of hydrogen-bond acceptors (Lipinski definition) is 13. The summed E-state index contributed by atoms with van der Waals surface area (Å²) in [6, 6.07) is -1.54. The van der Waals surface area contributed by atoms with Gasteiger partial charge in [-0.2, -0.15) is 0 Å². The van der Waals surface area contributed by atoms with Crippen molar-refractivity contribution in [2.75, 3.05) is 72.6 Å². The van der Waals surface area contributed by atoms with Crippen LogP contribution in [0.5, 0.6) is 0 Å². The molecule has 0 aromatic heterocycles. The Morgan fingerprint density at radius 3 is 1.48 bits per heavy atom. The Labute approximate surface area is 305 Å². The number of carbonyl (C=O) groups excluding carboxylic acids is 8. The second-order valence-corrected chi connectivity index (χ2v) is 11.9. The second-order valence-electron chi connectivity index (χ2n) is 11.9. The number of nitrogens with one attached hydrogen (secondary N) is 4. The maximum absolute atomic E-state index is 12.2. The van der Waals surface area contributed by atoms with Crippen LogP contribution < -0.4 is 27.0 Å². The van der Waals surface area contributed by atoms with E-state index in [1.165, 1.54) is 20.8 Å². The highest BCUT2D eigenvalue weighted by atomic mass is 16.5. The van der Waals surface area contributed by atoms with Crippen molar-refractivity contribution in [2.24, 2.45) is 5.73 Å². The van der Waals surface area contributed by atoms with Crippen LogP contribution in [0, 0.1) is 0 Å². The first kappa shape index (κ1) is 48.0. The number of primary amides is 1. The highest BCUT2D eigenvalue weighted by Crippen LogP contribution is 2.09. The SMILES string of the molecule is CC(=O)NCCOCCOCC(=O)NC(CCCCCC(=O)COC(=O)CCCCCC(NC(=O)COCCOCCNC(C)=O)C(N)=O)C(C)=O. The van der Waals surface area contributed by atoms with Crippen LogP contribution in [0.25, 0.3) is 0 Å². The number of nitrogens with two attached hydrogens (primary N) is 1. The van der Waals surface area contributed by atoms with Gasteiger partial charge in [-0.05, 0) is 32.6 Å². The van der Waals surface area contributed by atoms with Crippen LogP contribution in [0.2, 0.25) is 0 Å². The predicted molar refractivity (Wildman–Crippen MR) is 187 cm³/mol. The molecule has 18 heteroatoms. The first-order chi connectivity index (χ1) is 24.8. The third kappa shape index (κ3) is 30.8. The largest absolute Gasteiger partial charge is 0.458 e. The van der Waals surface area contributed by atoms with E-state index in [0.29, 0.717) is 71.2 Å². The minimum atomic E-state index is -0.882. The average molecular weight is 746 g/mol. The number of rotatable bonds is 34. The van der Waals surface area contributed by atoms with Crippen molar-refractivity contribution in [3.05, 3.63) is 0 Å². The summed E-state index contributed by atoms with van der Waals surface area (Å²) in [6.45, 7) is 5.61. The molecule has 0 aliphatic heterocycles. The van der Waals surface area contributed by atoms with Crippen LogP contribution in [0.15, 0.2) is 0 Å². The van der Waals surface area contributed by atoms with Crippen molar-refractivity contribution in [3.8, 4) is 0 Å². The molecule has 0 aliphatic rings. The molecule has 0 aromatic rings. The van der Waals surface area contributed by atoms with Crippen molar-refractivity contribution >= 4 is 47.1 Å². The van der Waals surface area contributed by atoms with E-state index in [2.05, 4.69) is 21.3 Å². The minimum absolute atomic E-state index is 0.0957. The van der Waals surface area contributed by atoms with E-state index in [1.54, 1.807) is 0 Å². The van der Waals surface area contributed by atoms with Crippen molar-refractivity contribution in [1.82, 2.24) is 21.3 Å². The summed E-state index contributed by atoms with van der Waals surface area (Å²) in [4.78, 5) is 93.6. The Morgan fingerprint density at radius 1 is 0.538 bits per heavy atom. The van der Waals surface area contributed by atoms with Crippen molar-refractivity contribution in [3.63, 3.8) is 0 Å². The topological polar surface area (TPSA) is 257 Å². The van der Waals surface area contributed by atoms with E-state index in [-0.39, 0.29) is 88.9 Å². The molecule has 0 fully saturated rings. The van der Waals surface area contributed by atoms with Crippen LogP contribution in [0.1, 0.15) is 85.0 Å². The zero-order valence-corrected chi connectivity index (χ0v) is 30.9. The Hall–Kier alpha value is -4.00. The number of carbonyl (C=O) groups is 8. The maximum atomic E-state index is 12.2. The van der Waals surface area contributed by atoms with Crippen LogP contribution in [0.3, 0.4) is 0 Å². The normalized spacial score (nSPS) is 11.9. The quantitative estimate of drug-likeness (QED) is 0.0407. The molecular weight excluding hydrogens is 686 g/mol. The fourth-order valence-corrected chi connectivity index (χ4v) is 4.45. The molecule has 2 unspecified atom stereocenters. The van der Waals surface area contributed by atoms with E-state index in [1.807, 2.05) is 0 Å². The van der Waals surface area contributed by atoms with Crippen LogP contribution in [-0.2, 0) is 62.0 Å². The van der Waals surface area contributed by atoms with E-state index < -0.39 is 35.8 Å². The van der Waals surface area contributed by atoms with Gasteiger partial charge in [0.15, 0.2) is 11.6 Å². The molecule has 52 heavy (non-hydrogen) atoms. The standard InChI is InChI=1S/C34H59N5O13/c1-25(40)29(38-31(44)23-50-20-18-48-16-14-36-26(2)41)11-7-4-6-10-28(43)22-52-33(46)13-9-5-8-12-30(34(35)47)39-32(45)24-51-21-19-49-17-15-37-27(3)42/h29-30H,4-24H2,1-3H3,(H2,35,47)(H,36,41)(H,37,42)(H,38,44)(H,39,45). The number of unbranched alkanes of at least 4 members (excludes halogenated alkanes) is 4. The van der Waals surface area contributed by atoms with Crippen LogP contribution in [-0.4, -0.2) is 132 Å². The fraction of sp³-hybridized carbons (Fsp3) is 0.765. The summed E-state index contributed by atoms with van der Waals surface area (Å²) in [5.74, 6) is -2.83. The summed E-state index contributed by atoms with van der Waals surface area (Å²) >= 11 is 0. The molecule has 18 nitrogen and oxygen atoms in total. The molecule has 298 valence electrons. The summed E-state index contributed by atoms with van der Waals surface area (Å²) < 4.78 is 26.0. The molecule has 5 amide bonds. The Bertz CT molecular complexity index is 1020. The number of ether oxygens (including phenoxy) is 5. The van der Waals surface area contributed by atoms with Gasteiger partial charge in [-0.3, -0.25) is 38.4 Å². The second kappa shape index (κ2) is 31.7.